The van der Waals surface area contributed by atoms with Crippen molar-refractivity contribution >= 4 is 34.9 Å². The van der Waals surface area contributed by atoms with E-state index in [1.54, 1.807) is 18.2 Å². The molecule has 5 rings (SSSR count). The van der Waals surface area contributed by atoms with Gasteiger partial charge in [-0.3, -0.25) is 9.69 Å². The van der Waals surface area contributed by atoms with Crippen LogP contribution in [0.4, 0.5) is 25.0 Å². The van der Waals surface area contributed by atoms with E-state index in [1.165, 1.54) is 41.3 Å². The number of aliphatic hydroxyl groups excluding tert-OH is 1. The first kappa shape index (κ1) is 20.4. The van der Waals surface area contributed by atoms with E-state index in [9.17, 15) is 23.5 Å². The van der Waals surface area contributed by atoms with Gasteiger partial charge < -0.3 is 15.7 Å². The topological polar surface area (TPSA) is 81.7 Å². The van der Waals surface area contributed by atoms with E-state index in [0.29, 0.717) is 33.6 Å². The third-order valence-corrected chi connectivity index (χ3v) is 6.01. The number of rotatable bonds is 2. The summed E-state index contributed by atoms with van der Waals surface area (Å²) >= 11 is 6.27. The van der Waals surface area contributed by atoms with E-state index in [1.807, 2.05) is 0 Å². The van der Waals surface area contributed by atoms with Gasteiger partial charge in [-0.25, -0.2) is 13.6 Å². The molecule has 0 spiro atoms. The number of carbonyl (C=O) groups is 2. The molecule has 2 aliphatic heterocycles. The second-order valence-corrected chi connectivity index (χ2v) is 8.01. The van der Waals surface area contributed by atoms with E-state index < -0.39 is 29.8 Å². The second kappa shape index (κ2) is 7.58. The molecule has 0 saturated carbocycles. The number of hydrogen-bond acceptors (Lipinski definition) is 3. The van der Waals surface area contributed by atoms with Crippen LogP contribution < -0.4 is 15.5 Å². The molecule has 3 amide bonds. The van der Waals surface area contributed by atoms with Crippen LogP contribution in [0.5, 0.6) is 0 Å². The van der Waals surface area contributed by atoms with Gasteiger partial charge in [0.15, 0.2) is 0 Å². The number of halogens is 3. The molecule has 0 aromatic heterocycles. The zero-order chi connectivity index (χ0) is 22.6. The fourth-order valence-electron chi connectivity index (χ4n) is 4.22. The number of β-amino-alcohol motifs (C(OH)–C–C–N with tert-alkyl or cyclic N) is 1. The summed E-state index contributed by atoms with van der Waals surface area (Å²) in [5.74, 6) is -1.40. The fraction of sp³-hybridized carbons (Fsp3) is 0.130. The summed E-state index contributed by atoms with van der Waals surface area (Å²) in [5.41, 5.74) is 2.19. The van der Waals surface area contributed by atoms with E-state index in [0.717, 1.165) is 0 Å². The monoisotopic (exact) mass is 455 g/mol. The Kier molecular flexibility index (Phi) is 4.83. The van der Waals surface area contributed by atoms with Crippen molar-refractivity contribution in [3.8, 4) is 0 Å². The van der Waals surface area contributed by atoms with Crippen LogP contribution >= 0.6 is 11.6 Å². The Hall–Kier alpha value is -3.49. The molecule has 3 aromatic rings. The Labute approximate surface area is 186 Å². The van der Waals surface area contributed by atoms with Gasteiger partial charge in [-0.05, 0) is 48.5 Å². The summed E-state index contributed by atoms with van der Waals surface area (Å²) in [7, 11) is 0. The van der Waals surface area contributed by atoms with Gasteiger partial charge in [-0.1, -0.05) is 17.7 Å². The molecular formula is C23H16ClF2N3O3. The summed E-state index contributed by atoms with van der Waals surface area (Å²) in [6, 6.07) is 11.2. The van der Waals surface area contributed by atoms with Crippen LogP contribution in [0.3, 0.4) is 0 Å². The molecule has 2 aliphatic rings. The number of urea groups is 1. The Morgan fingerprint density at radius 2 is 1.81 bits per heavy atom. The second-order valence-electron chi connectivity index (χ2n) is 7.60. The average Bonchev–Trinajstić information content (AvgIpc) is 3.28. The van der Waals surface area contributed by atoms with Crippen molar-refractivity contribution in [3.63, 3.8) is 0 Å². The van der Waals surface area contributed by atoms with Crippen LogP contribution in [0.1, 0.15) is 39.2 Å². The molecule has 0 unspecified atom stereocenters. The molecule has 0 saturated heterocycles. The first-order chi connectivity index (χ1) is 15.3. The number of carbonyl (C=O) groups excluding carboxylic acids is 2. The lowest BCUT2D eigenvalue weighted by atomic mass is 9.96. The number of anilines is 2. The minimum absolute atomic E-state index is 0.0457. The van der Waals surface area contributed by atoms with Crippen molar-refractivity contribution in [3.05, 3.63) is 93.5 Å². The Morgan fingerprint density at radius 3 is 2.59 bits per heavy atom. The first-order valence-electron chi connectivity index (χ1n) is 9.78. The quantitative estimate of drug-likeness (QED) is 0.530. The minimum Gasteiger partial charge on any atom is -0.386 e. The highest BCUT2D eigenvalue weighted by molar-refractivity contribution is 6.31. The lowest BCUT2D eigenvalue weighted by Crippen LogP contribution is -2.34. The van der Waals surface area contributed by atoms with Crippen LogP contribution in [0.2, 0.25) is 5.02 Å². The van der Waals surface area contributed by atoms with Crippen molar-refractivity contribution in [2.75, 3.05) is 16.8 Å². The number of nitrogens with zero attached hydrogens (tertiary/aromatic N) is 1. The van der Waals surface area contributed by atoms with Gasteiger partial charge in [0, 0.05) is 33.0 Å². The maximum atomic E-state index is 13.9. The molecule has 2 atom stereocenters. The van der Waals surface area contributed by atoms with Crippen LogP contribution in [-0.2, 0) is 0 Å². The van der Waals surface area contributed by atoms with Crippen LogP contribution in [-0.4, -0.2) is 23.6 Å². The molecule has 3 aromatic carbocycles. The maximum Gasteiger partial charge on any atom is 0.326 e. The highest BCUT2D eigenvalue weighted by atomic mass is 35.5. The van der Waals surface area contributed by atoms with Crippen LogP contribution in [0.15, 0.2) is 54.6 Å². The van der Waals surface area contributed by atoms with E-state index >= 15 is 0 Å². The number of benzene rings is 3. The van der Waals surface area contributed by atoms with E-state index in [-0.39, 0.29) is 17.5 Å². The van der Waals surface area contributed by atoms with Gasteiger partial charge in [-0.2, -0.15) is 0 Å². The average molecular weight is 456 g/mol. The third-order valence-electron chi connectivity index (χ3n) is 5.67. The number of fused-ring (bicyclic) bond motifs is 2. The summed E-state index contributed by atoms with van der Waals surface area (Å²) in [6.45, 7) is -0.0457. The number of nitrogens with one attached hydrogen (secondary N) is 2. The Balaban J connectivity index is 1.51. The lowest BCUT2D eigenvalue weighted by Gasteiger charge is -2.21. The minimum atomic E-state index is -1.02. The van der Waals surface area contributed by atoms with Gasteiger partial charge >= 0.3 is 6.03 Å². The smallest absolute Gasteiger partial charge is 0.326 e. The SMILES string of the molecule is O=C1N[C@@H](c2cc(F)ccc2Cl)c2c(NC(=O)N3C[C@H](O)c4cc(F)ccc43)cccc21. The molecular weight excluding hydrogens is 440 g/mol. The number of aliphatic hydroxyl groups is 1. The summed E-state index contributed by atoms with van der Waals surface area (Å²) in [6.07, 6.45) is -1.02. The number of hydrogen-bond donors (Lipinski definition) is 3. The highest BCUT2D eigenvalue weighted by Gasteiger charge is 2.36. The molecule has 32 heavy (non-hydrogen) atoms. The largest absolute Gasteiger partial charge is 0.386 e. The predicted molar refractivity (Wildman–Crippen MR) is 115 cm³/mol. The van der Waals surface area contributed by atoms with Crippen LogP contribution in [0, 0.1) is 11.6 Å². The standard InChI is InChI=1S/C23H16ClF2N3O3/c24-16-6-4-11(25)8-14(16)21-20-13(22(31)28-21)2-1-3-17(20)27-23(32)29-10-19(30)15-9-12(26)5-7-18(15)29/h1-9,19,21,30H,10H2,(H,27,32)(H,28,31)/t19-,21-/m0/s1. The zero-order valence-electron chi connectivity index (χ0n) is 16.4. The third kappa shape index (κ3) is 3.28. The summed E-state index contributed by atoms with van der Waals surface area (Å²) in [5, 5.41) is 16.0. The molecule has 0 fully saturated rings. The zero-order valence-corrected chi connectivity index (χ0v) is 17.2. The molecule has 2 heterocycles. The molecule has 162 valence electrons. The normalized spacial score (nSPS) is 18.9. The first-order valence-corrected chi connectivity index (χ1v) is 10.2. The van der Waals surface area contributed by atoms with E-state index in [4.69, 9.17) is 11.6 Å². The van der Waals surface area contributed by atoms with Gasteiger partial charge in [0.05, 0.1) is 24.4 Å². The fourth-order valence-corrected chi connectivity index (χ4v) is 4.44. The Morgan fingerprint density at radius 1 is 1.09 bits per heavy atom. The summed E-state index contributed by atoms with van der Waals surface area (Å²) in [4.78, 5) is 26.9. The van der Waals surface area contributed by atoms with Gasteiger partial charge in [0.1, 0.15) is 11.6 Å². The molecule has 9 heteroatoms. The van der Waals surface area contributed by atoms with Crippen molar-refractivity contribution in [1.82, 2.24) is 5.32 Å². The highest BCUT2D eigenvalue weighted by Crippen LogP contribution is 2.40. The molecule has 3 N–H and O–H groups in total. The molecule has 0 aliphatic carbocycles. The molecule has 0 bridgehead atoms. The molecule has 6 nitrogen and oxygen atoms in total. The maximum absolute atomic E-state index is 13.9. The van der Waals surface area contributed by atoms with Gasteiger partial charge in [0.25, 0.3) is 5.91 Å². The predicted octanol–water partition coefficient (Wildman–Crippen LogP) is 4.54. The van der Waals surface area contributed by atoms with Gasteiger partial charge in [0.2, 0.25) is 0 Å². The van der Waals surface area contributed by atoms with Crippen LogP contribution in [0.25, 0.3) is 0 Å². The van der Waals surface area contributed by atoms with Crippen molar-refractivity contribution < 1.29 is 23.5 Å². The van der Waals surface area contributed by atoms with Crippen molar-refractivity contribution in [2.45, 2.75) is 12.1 Å². The van der Waals surface area contributed by atoms with Crippen molar-refractivity contribution in [1.29, 1.82) is 0 Å². The van der Waals surface area contributed by atoms with Gasteiger partial charge in [-0.15, -0.1) is 0 Å². The Bertz CT molecular complexity index is 1280. The molecule has 0 radical (unpaired) electrons. The van der Waals surface area contributed by atoms with Crippen molar-refractivity contribution in [2.24, 2.45) is 0 Å². The number of amides is 3. The lowest BCUT2D eigenvalue weighted by molar-refractivity contribution is 0.0960. The van der Waals surface area contributed by atoms with E-state index in [2.05, 4.69) is 10.6 Å². The summed E-state index contributed by atoms with van der Waals surface area (Å²) < 4.78 is 27.5.